The number of nitrogens with one attached hydrogen (secondary N) is 1. The van der Waals surface area contributed by atoms with Crippen molar-refractivity contribution in [1.29, 1.82) is 0 Å². The summed E-state index contributed by atoms with van der Waals surface area (Å²) in [5.41, 5.74) is 0.875. The summed E-state index contributed by atoms with van der Waals surface area (Å²) in [6.45, 7) is 0.706. The molecule has 1 spiro atoms. The molecule has 7 heteroatoms. The lowest BCUT2D eigenvalue weighted by Crippen LogP contribution is -2.54. The number of para-hydroxylation sites is 1. The number of carbonyl (C=O) groups is 3. The number of carbonyl (C=O) groups excluding carboxylic acids is 3. The molecule has 0 saturated carbocycles. The highest BCUT2D eigenvalue weighted by atomic mass is 35.5. The van der Waals surface area contributed by atoms with Crippen LogP contribution in [0.25, 0.3) is 0 Å². The van der Waals surface area contributed by atoms with Gasteiger partial charge in [0.15, 0.2) is 0 Å². The summed E-state index contributed by atoms with van der Waals surface area (Å²) in [6.07, 6.45) is 1.71. The lowest BCUT2D eigenvalue weighted by molar-refractivity contribution is -0.135. The molecule has 2 aromatic carbocycles. The third-order valence-corrected chi connectivity index (χ3v) is 7.20. The van der Waals surface area contributed by atoms with Gasteiger partial charge >= 0.3 is 0 Å². The Kier molecular flexibility index (Phi) is 3.36. The molecule has 4 atom stereocenters. The van der Waals surface area contributed by atoms with Crippen molar-refractivity contribution < 1.29 is 14.4 Å². The third-order valence-electron chi connectivity index (χ3n) is 6.97. The molecular weight excluding hydrogens is 390 g/mol. The van der Waals surface area contributed by atoms with E-state index in [1.54, 1.807) is 24.3 Å². The largest absolute Gasteiger partial charge is 0.324 e. The molecular formula is C22H18ClN3O3. The van der Waals surface area contributed by atoms with Crippen molar-refractivity contribution in [3.8, 4) is 0 Å². The van der Waals surface area contributed by atoms with Gasteiger partial charge in [-0.15, -0.1) is 0 Å². The van der Waals surface area contributed by atoms with E-state index in [0.717, 1.165) is 24.1 Å². The average Bonchev–Trinajstić information content (AvgIpc) is 3.40. The van der Waals surface area contributed by atoms with E-state index in [1.165, 1.54) is 4.90 Å². The Morgan fingerprint density at radius 3 is 2.69 bits per heavy atom. The molecule has 146 valence electrons. The second-order valence-corrected chi connectivity index (χ2v) is 8.60. The minimum Gasteiger partial charge on any atom is -0.324 e. The van der Waals surface area contributed by atoms with Gasteiger partial charge in [-0.1, -0.05) is 35.9 Å². The first-order valence-corrected chi connectivity index (χ1v) is 10.2. The molecule has 0 radical (unpaired) electrons. The first-order chi connectivity index (χ1) is 14.0. The fraction of sp³-hybridized carbons (Fsp3) is 0.318. The molecule has 0 bridgehead atoms. The lowest BCUT2D eigenvalue weighted by Gasteiger charge is -2.36. The molecule has 3 saturated heterocycles. The first kappa shape index (κ1) is 17.2. The van der Waals surface area contributed by atoms with E-state index in [2.05, 4.69) is 10.2 Å². The van der Waals surface area contributed by atoms with Gasteiger partial charge in [-0.05, 0) is 43.7 Å². The summed E-state index contributed by atoms with van der Waals surface area (Å²) in [6, 6.07) is 14.2. The third kappa shape index (κ3) is 1.93. The van der Waals surface area contributed by atoms with Crippen LogP contribution in [0, 0.1) is 11.8 Å². The number of benzene rings is 2. The van der Waals surface area contributed by atoms with Crippen molar-refractivity contribution >= 4 is 40.7 Å². The van der Waals surface area contributed by atoms with Crippen LogP contribution in [0.1, 0.15) is 18.4 Å². The molecule has 3 fully saturated rings. The highest BCUT2D eigenvalue weighted by molar-refractivity contribution is 6.31. The van der Waals surface area contributed by atoms with Crippen LogP contribution in [0.5, 0.6) is 0 Å². The maximum atomic E-state index is 13.7. The van der Waals surface area contributed by atoms with Crippen LogP contribution in [0.2, 0.25) is 5.02 Å². The van der Waals surface area contributed by atoms with Gasteiger partial charge in [0.05, 0.1) is 17.5 Å². The average molecular weight is 408 g/mol. The predicted octanol–water partition coefficient (Wildman–Crippen LogP) is 2.77. The van der Waals surface area contributed by atoms with Crippen molar-refractivity contribution in [3.05, 3.63) is 59.1 Å². The zero-order valence-electron chi connectivity index (χ0n) is 15.5. The van der Waals surface area contributed by atoms with E-state index in [0.29, 0.717) is 17.3 Å². The Hall–Kier alpha value is -2.70. The fourth-order valence-electron chi connectivity index (χ4n) is 6.03. The monoisotopic (exact) mass is 407 g/mol. The predicted molar refractivity (Wildman–Crippen MR) is 107 cm³/mol. The molecule has 29 heavy (non-hydrogen) atoms. The van der Waals surface area contributed by atoms with E-state index in [9.17, 15) is 14.4 Å². The van der Waals surface area contributed by atoms with E-state index in [-0.39, 0.29) is 23.8 Å². The molecule has 3 amide bonds. The number of halogens is 1. The van der Waals surface area contributed by atoms with Crippen LogP contribution in [-0.4, -0.2) is 35.2 Å². The second kappa shape index (κ2) is 5.68. The molecule has 2 aromatic rings. The Morgan fingerprint density at radius 1 is 1.03 bits per heavy atom. The number of hydrogen-bond acceptors (Lipinski definition) is 4. The SMILES string of the molecule is O=C1[C@H]2[C@@H](C(=O)N1c1cccc(Cl)c1)[C@@]1(C(=O)Nc3ccccc31)N1CCC[C@@H]21. The van der Waals surface area contributed by atoms with Crippen LogP contribution in [-0.2, 0) is 19.9 Å². The van der Waals surface area contributed by atoms with Gasteiger partial charge in [-0.3, -0.25) is 19.3 Å². The van der Waals surface area contributed by atoms with Gasteiger partial charge in [-0.25, -0.2) is 4.90 Å². The molecule has 0 aromatic heterocycles. The highest BCUT2D eigenvalue weighted by Crippen LogP contribution is 2.60. The van der Waals surface area contributed by atoms with Crippen molar-refractivity contribution in [3.63, 3.8) is 0 Å². The molecule has 0 aliphatic carbocycles. The van der Waals surface area contributed by atoms with Gasteiger partial charge in [0.2, 0.25) is 17.7 Å². The van der Waals surface area contributed by atoms with Gasteiger partial charge in [0, 0.05) is 22.3 Å². The summed E-state index contributed by atoms with van der Waals surface area (Å²) in [5.74, 6) is -2.01. The Bertz CT molecular complexity index is 1100. The maximum Gasteiger partial charge on any atom is 0.250 e. The first-order valence-electron chi connectivity index (χ1n) is 9.86. The number of amides is 3. The van der Waals surface area contributed by atoms with Crippen LogP contribution in [0.3, 0.4) is 0 Å². The number of hydrogen-bond donors (Lipinski definition) is 1. The minimum atomic E-state index is -1.12. The quantitative estimate of drug-likeness (QED) is 0.738. The Morgan fingerprint density at radius 2 is 1.86 bits per heavy atom. The molecule has 4 aliphatic heterocycles. The summed E-state index contributed by atoms with van der Waals surface area (Å²) in [4.78, 5) is 44.0. The van der Waals surface area contributed by atoms with E-state index < -0.39 is 17.4 Å². The summed E-state index contributed by atoms with van der Waals surface area (Å²) >= 11 is 6.12. The number of anilines is 2. The number of imide groups is 1. The molecule has 4 aliphatic rings. The van der Waals surface area contributed by atoms with Gasteiger partial charge in [0.1, 0.15) is 5.54 Å². The zero-order chi connectivity index (χ0) is 19.9. The topological polar surface area (TPSA) is 69.7 Å². The highest BCUT2D eigenvalue weighted by Gasteiger charge is 2.74. The number of fused-ring (bicyclic) bond motifs is 7. The van der Waals surface area contributed by atoms with Crippen molar-refractivity contribution in [2.24, 2.45) is 11.8 Å². The van der Waals surface area contributed by atoms with Gasteiger partial charge in [0.25, 0.3) is 0 Å². The van der Waals surface area contributed by atoms with Gasteiger partial charge < -0.3 is 5.32 Å². The molecule has 1 N–H and O–H groups in total. The van der Waals surface area contributed by atoms with Crippen LogP contribution >= 0.6 is 11.6 Å². The molecule has 6 nitrogen and oxygen atoms in total. The standard InChI is InChI=1S/C22H18ClN3O3/c23-12-5-3-6-13(11-12)26-19(27)17-16-9-4-10-25(16)22(18(17)20(26)28)14-7-1-2-8-15(14)24-21(22)29/h1-3,5-8,11,16-18H,4,9-10H2,(H,24,29)/t16-,17+,18-,22-/m0/s1. The van der Waals surface area contributed by atoms with E-state index in [1.807, 2.05) is 24.3 Å². The number of nitrogens with zero attached hydrogens (tertiary/aromatic N) is 2. The summed E-state index contributed by atoms with van der Waals surface area (Å²) in [7, 11) is 0. The molecule has 4 heterocycles. The van der Waals surface area contributed by atoms with Crippen LogP contribution in [0.4, 0.5) is 11.4 Å². The van der Waals surface area contributed by atoms with Crippen molar-refractivity contribution in [1.82, 2.24) is 4.90 Å². The second-order valence-electron chi connectivity index (χ2n) is 8.16. The van der Waals surface area contributed by atoms with E-state index in [4.69, 9.17) is 11.6 Å². The van der Waals surface area contributed by atoms with Crippen molar-refractivity contribution in [2.75, 3.05) is 16.8 Å². The minimum absolute atomic E-state index is 0.113. The smallest absolute Gasteiger partial charge is 0.250 e. The van der Waals surface area contributed by atoms with Crippen LogP contribution < -0.4 is 10.2 Å². The lowest BCUT2D eigenvalue weighted by atomic mass is 9.75. The Balaban J connectivity index is 1.56. The Labute approximate surface area is 172 Å². The zero-order valence-corrected chi connectivity index (χ0v) is 16.2. The normalized spacial score (nSPS) is 32.7. The molecule has 6 rings (SSSR count). The molecule has 0 unspecified atom stereocenters. The summed E-state index contributed by atoms with van der Waals surface area (Å²) < 4.78 is 0. The van der Waals surface area contributed by atoms with Crippen molar-refractivity contribution in [2.45, 2.75) is 24.4 Å². The van der Waals surface area contributed by atoms with Crippen LogP contribution in [0.15, 0.2) is 48.5 Å². The maximum absolute atomic E-state index is 13.7. The number of rotatable bonds is 1. The fourth-order valence-corrected chi connectivity index (χ4v) is 6.21. The van der Waals surface area contributed by atoms with Gasteiger partial charge in [-0.2, -0.15) is 0 Å². The van der Waals surface area contributed by atoms with E-state index >= 15 is 0 Å². The summed E-state index contributed by atoms with van der Waals surface area (Å²) in [5, 5.41) is 3.43.